The lowest BCUT2D eigenvalue weighted by molar-refractivity contribution is -0.0230. The van der Waals surface area contributed by atoms with Gasteiger partial charge in [-0.05, 0) is 22.0 Å². The van der Waals surface area contributed by atoms with E-state index >= 15 is 0 Å². The molecule has 0 spiro atoms. The highest BCUT2D eigenvalue weighted by Gasteiger charge is 2.21. The fourth-order valence-electron chi connectivity index (χ4n) is 0.685. The Morgan fingerprint density at radius 1 is 1.62 bits per heavy atom. The fraction of sp³-hybridized carbons (Fsp3) is 0.375. The maximum absolute atomic E-state index is 12.4. The number of nitrogens with zero attached hydrogens (tertiary/aromatic N) is 1. The summed E-state index contributed by atoms with van der Waals surface area (Å²) in [5.41, 5.74) is 0. The van der Waals surface area contributed by atoms with E-state index in [-0.39, 0.29) is 0 Å². The van der Waals surface area contributed by atoms with Gasteiger partial charge >= 0.3 is 0 Å². The van der Waals surface area contributed by atoms with Crippen molar-refractivity contribution in [3.63, 3.8) is 0 Å². The molecule has 0 bridgehead atoms. The predicted octanol–water partition coefficient (Wildman–Crippen LogP) is 2.88. The average Bonchev–Trinajstić information content (AvgIpc) is 2.00. The van der Waals surface area contributed by atoms with Gasteiger partial charge in [0.1, 0.15) is 10.4 Å². The summed E-state index contributed by atoms with van der Waals surface area (Å²) in [7, 11) is 0. The Morgan fingerprint density at radius 2 is 2.31 bits per heavy atom. The molecular weight excluding hydrogens is 244 g/mol. The molecule has 0 unspecified atom stereocenters. The summed E-state index contributed by atoms with van der Waals surface area (Å²) in [6.45, 7) is 0.187. The molecule has 0 radical (unpaired) electrons. The molecule has 2 nitrogen and oxygen atoms in total. The lowest BCUT2D eigenvalue weighted by atomic mass is 10.4. The van der Waals surface area contributed by atoms with E-state index in [2.05, 4.69) is 20.9 Å². The summed E-state index contributed by atoms with van der Waals surface area (Å²) in [6.07, 6.45) is 1.48. The van der Waals surface area contributed by atoms with Gasteiger partial charge in [-0.3, -0.25) is 0 Å². The predicted molar refractivity (Wildman–Crippen MR) is 48.1 cm³/mol. The van der Waals surface area contributed by atoms with E-state index in [0.29, 0.717) is 10.4 Å². The van der Waals surface area contributed by atoms with Gasteiger partial charge in [0.05, 0.1) is 0 Å². The van der Waals surface area contributed by atoms with Crippen LogP contribution in [-0.4, -0.2) is 17.5 Å². The molecule has 1 aromatic rings. The number of ether oxygens (including phenoxy) is 1. The van der Waals surface area contributed by atoms with Crippen LogP contribution in [0.4, 0.5) is 8.78 Å². The van der Waals surface area contributed by atoms with Crippen LogP contribution in [0.2, 0.25) is 0 Å². The second kappa shape index (κ2) is 4.00. The minimum atomic E-state index is -2.81. The highest BCUT2D eigenvalue weighted by Crippen LogP contribution is 2.18. The molecular formula is C8H8BrF2NO. The molecule has 0 saturated carbocycles. The van der Waals surface area contributed by atoms with Gasteiger partial charge in [0.2, 0.25) is 0 Å². The molecule has 1 aromatic heterocycles. The van der Waals surface area contributed by atoms with Crippen molar-refractivity contribution < 1.29 is 13.5 Å². The second-order valence-electron chi connectivity index (χ2n) is 2.67. The third-order valence-corrected chi connectivity index (χ3v) is 1.62. The monoisotopic (exact) mass is 251 g/mol. The van der Waals surface area contributed by atoms with Crippen LogP contribution in [-0.2, 0) is 0 Å². The molecule has 13 heavy (non-hydrogen) atoms. The minimum absolute atomic E-state index is 0.378. The standard InChI is InChI=1S/C8H8BrF2NO/c1-8(10,11)5-13-6-2-3-12-7(9)4-6/h2-4H,5H2,1H3. The van der Waals surface area contributed by atoms with Crippen molar-refractivity contribution in [2.45, 2.75) is 12.8 Å². The Kier molecular flexibility index (Phi) is 3.19. The molecule has 0 saturated heterocycles. The van der Waals surface area contributed by atoms with Crippen molar-refractivity contribution in [3.05, 3.63) is 22.9 Å². The largest absolute Gasteiger partial charge is 0.487 e. The summed E-state index contributed by atoms with van der Waals surface area (Å²) in [5, 5.41) is 0. The fourth-order valence-corrected chi connectivity index (χ4v) is 1.03. The quantitative estimate of drug-likeness (QED) is 0.771. The second-order valence-corrected chi connectivity index (χ2v) is 3.49. The summed E-state index contributed by atoms with van der Waals surface area (Å²) in [4.78, 5) is 3.83. The number of aromatic nitrogens is 1. The summed E-state index contributed by atoms with van der Waals surface area (Å²) in [5.74, 6) is -2.43. The third-order valence-electron chi connectivity index (χ3n) is 1.19. The van der Waals surface area contributed by atoms with Gasteiger partial charge in [-0.2, -0.15) is 0 Å². The lowest BCUT2D eigenvalue weighted by Crippen LogP contribution is -2.20. The molecule has 0 atom stereocenters. The normalized spacial score (nSPS) is 11.4. The molecule has 1 heterocycles. The first-order valence-corrected chi connectivity index (χ1v) is 4.39. The number of hydrogen-bond donors (Lipinski definition) is 0. The molecule has 0 amide bonds. The van der Waals surface area contributed by atoms with Crippen LogP contribution in [0.5, 0.6) is 5.75 Å². The van der Waals surface area contributed by atoms with Crippen LogP contribution < -0.4 is 4.74 Å². The van der Waals surface area contributed by atoms with Crippen molar-refractivity contribution in [2.24, 2.45) is 0 Å². The Hall–Kier alpha value is -0.710. The number of rotatable bonds is 3. The van der Waals surface area contributed by atoms with Crippen molar-refractivity contribution in [3.8, 4) is 5.75 Å². The zero-order valence-corrected chi connectivity index (χ0v) is 8.51. The lowest BCUT2D eigenvalue weighted by Gasteiger charge is -2.11. The van der Waals surface area contributed by atoms with Crippen LogP contribution in [0.25, 0.3) is 0 Å². The van der Waals surface area contributed by atoms with Crippen LogP contribution in [0.15, 0.2) is 22.9 Å². The molecule has 72 valence electrons. The molecule has 0 aliphatic rings. The highest BCUT2D eigenvalue weighted by molar-refractivity contribution is 9.10. The first-order chi connectivity index (χ1) is 5.97. The van der Waals surface area contributed by atoms with E-state index in [1.165, 1.54) is 18.3 Å². The van der Waals surface area contributed by atoms with Crippen molar-refractivity contribution in [1.29, 1.82) is 0 Å². The van der Waals surface area contributed by atoms with Gasteiger partial charge in [-0.1, -0.05) is 0 Å². The van der Waals surface area contributed by atoms with Gasteiger partial charge in [0, 0.05) is 19.2 Å². The maximum atomic E-state index is 12.4. The average molecular weight is 252 g/mol. The maximum Gasteiger partial charge on any atom is 0.278 e. The van der Waals surface area contributed by atoms with Gasteiger partial charge in [-0.25, -0.2) is 13.8 Å². The van der Waals surface area contributed by atoms with Crippen molar-refractivity contribution in [1.82, 2.24) is 4.98 Å². The van der Waals surface area contributed by atoms with E-state index in [0.717, 1.165) is 6.92 Å². The van der Waals surface area contributed by atoms with E-state index in [9.17, 15) is 8.78 Å². The summed E-state index contributed by atoms with van der Waals surface area (Å²) in [6, 6.07) is 3.06. The SMILES string of the molecule is CC(F)(F)COc1ccnc(Br)c1. The third kappa shape index (κ3) is 4.17. The van der Waals surface area contributed by atoms with Crippen molar-refractivity contribution >= 4 is 15.9 Å². The molecule has 0 aliphatic carbocycles. The van der Waals surface area contributed by atoms with Crippen LogP contribution in [0, 0.1) is 0 Å². The van der Waals surface area contributed by atoms with Crippen LogP contribution in [0.3, 0.4) is 0 Å². The first-order valence-electron chi connectivity index (χ1n) is 3.59. The Morgan fingerprint density at radius 3 is 2.85 bits per heavy atom. The Bertz CT molecular complexity index is 288. The Labute approximate surface area is 83.1 Å². The van der Waals surface area contributed by atoms with Gasteiger partial charge in [0.25, 0.3) is 5.92 Å². The highest BCUT2D eigenvalue weighted by atomic mass is 79.9. The van der Waals surface area contributed by atoms with Crippen molar-refractivity contribution in [2.75, 3.05) is 6.61 Å². The minimum Gasteiger partial charge on any atom is -0.487 e. The van der Waals surface area contributed by atoms with Gasteiger partial charge in [0.15, 0.2) is 6.61 Å². The zero-order valence-electron chi connectivity index (χ0n) is 6.93. The number of hydrogen-bond acceptors (Lipinski definition) is 2. The summed E-state index contributed by atoms with van der Waals surface area (Å²) < 4.78 is 30.1. The van der Waals surface area contributed by atoms with Crippen LogP contribution in [0.1, 0.15) is 6.92 Å². The molecule has 0 fully saturated rings. The topological polar surface area (TPSA) is 22.1 Å². The number of pyridine rings is 1. The number of halogens is 3. The van der Waals surface area contributed by atoms with Gasteiger partial charge in [-0.15, -0.1) is 0 Å². The van der Waals surface area contributed by atoms with E-state index in [1.807, 2.05) is 0 Å². The molecule has 0 N–H and O–H groups in total. The first kappa shape index (κ1) is 10.4. The van der Waals surface area contributed by atoms with E-state index < -0.39 is 12.5 Å². The van der Waals surface area contributed by atoms with Crippen LogP contribution >= 0.6 is 15.9 Å². The van der Waals surface area contributed by atoms with E-state index in [4.69, 9.17) is 4.74 Å². The summed E-state index contributed by atoms with van der Waals surface area (Å²) >= 11 is 3.10. The van der Waals surface area contributed by atoms with Gasteiger partial charge < -0.3 is 4.74 Å². The Balaban J connectivity index is 2.55. The zero-order chi connectivity index (χ0) is 9.90. The molecule has 1 rings (SSSR count). The number of alkyl halides is 2. The molecule has 0 aromatic carbocycles. The smallest absolute Gasteiger partial charge is 0.278 e. The van der Waals surface area contributed by atoms with E-state index in [1.54, 1.807) is 0 Å². The molecule has 0 aliphatic heterocycles. The molecule has 5 heteroatoms.